The van der Waals surface area contributed by atoms with Crippen molar-refractivity contribution in [1.29, 1.82) is 0 Å². The predicted octanol–water partition coefficient (Wildman–Crippen LogP) is 3.27. The highest BCUT2D eigenvalue weighted by Gasteiger charge is 2.13. The van der Waals surface area contributed by atoms with Gasteiger partial charge in [0.25, 0.3) is 0 Å². The number of hydrogen-bond donors (Lipinski definition) is 2. The van der Waals surface area contributed by atoms with Crippen LogP contribution in [0.5, 0.6) is 0 Å². The fraction of sp³-hybridized carbons (Fsp3) is 0.500. The van der Waals surface area contributed by atoms with Gasteiger partial charge in [-0.1, -0.05) is 24.9 Å². The summed E-state index contributed by atoms with van der Waals surface area (Å²) in [6.45, 7) is 4.92. The third kappa shape index (κ3) is 5.09. The molecule has 0 aliphatic rings. The van der Waals surface area contributed by atoms with Crippen molar-refractivity contribution in [2.45, 2.75) is 26.7 Å². The van der Waals surface area contributed by atoms with Gasteiger partial charge < -0.3 is 15.3 Å². The highest BCUT2D eigenvalue weighted by molar-refractivity contribution is 6.30. The van der Waals surface area contributed by atoms with Gasteiger partial charge in [-0.25, -0.2) is 4.79 Å². The molecule has 1 aromatic rings. The fourth-order valence-electron chi connectivity index (χ4n) is 1.75. The van der Waals surface area contributed by atoms with Crippen LogP contribution >= 0.6 is 11.6 Å². The molecule has 0 bridgehead atoms. The van der Waals surface area contributed by atoms with Gasteiger partial charge in [0.05, 0.1) is 6.61 Å². The van der Waals surface area contributed by atoms with E-state index in [1.54, 1.807) is 23.1 Å². The second kappa shape index (κ2) is 8.02. The summed E-state index contributed by atoms with van der Waals surface area (Å²) in [5.41, 5.74) is 1.66. The topological polar surface area (TPSA) is 52.6 Å². The van der Waals surface area contributed by atoms with Crippen LogP contribution < -0.4 is 5.32 Å². The van der Waals surface area contributed by atoms with Gasteiger partial charge >= 0.3 is 6.03 Å². The number of aliphatic hydroxyl groups excluding tert-OH is 1. The molecule has 1 rings (SSSR count). The Kier molecular flexibility index (Phi) is 6.67. The number of nitrogens with zero attached hydrogens (tertiary/aromatic N) is 1. The Bertz CT molecular complexity index is 424. The first-order valence-electron chi connectivity index (χ1n) is 6.51. The quantitative estimate of drug-likeness (QED) is 0.842. The number of anilines is 1. The highest BCUT2D eigenvalue weighted by Crippen LogP contribution is 2.19. The van der Waals surface area contributed by atoms with E-state index in [9.17, 15) is 4.79 Å². The summed E-state index contributed by atoms with van der Waals surface area (Å²) < 4.78 is 0. The molecular weight excluding hydrogens is 264 g/mol. The van der Waals surface area contributed by atoms with Gasteiger partial charge in [0.15, 0.2) is 0 Å². The summed E-state index contributed by atoms with van der Waals surface area (Å²) in [5.74, 6) is 0. The lowest BCUT2D eigenvalue weighted by Gasteiger charge is -2.22. The summed E-state index contributed by atoms with van der Waals surface area (Å²) >= 11 is 5.88. The molecule has 0 spiro atoms. The number of amides is 2. The number of unbranched alkanes of at least 4 members (excludes halogenated alkanes) is 1. The number of carbonyl (C=O) groups is 1. The Morgan fingerprint density at radius 3 is 2.74 bits per heavy atom. The molecular formula is C14H21ClN2O2. The van der Waals surface area contributed by atoms with Crippen molar-refractivity contribution in [2.24, 2.45) is 0 Å². The number of hydrogen-bond acceptors (Lipinski definition) is 2. The van der Waals surface area contributed by atoms with Crippen molar-refractivity contribution in [3.05, 3.63) is 28.8 Å². The summed E-state index contributed by atoms with van der Waals surface area (Å²) in [5, 5.41) is 12.5. The van der Waals surface area contributed by atoms with E-state index in [2.05, 4.69) is 12.2 Å². The number of halogens is 1. The zero-order valence-electron chi connectivity index (χ0n) is 11.4. The molecule has 0 fully saturated rings. The average Bonchev–Trinajstić information content (AvgIpc) is 2.37. The number of nitrogens with one attached hydrogen (secondary N) is 1. The van der Waals surface area contributed by atoms with Crippen molar-refractivity contribution < 1.29 is 9.90 Å². The Balaban J connectivity index is 2.69. The third-order valence-corrected chi connectivity index (χ3v) is 3.10. The Hall–Kier alpha value is -1.26. The van der Waals surface area contributed by atoms with Crippen LogP contribution in [0.4, 0.5) is 10.5 Å². The minimum Gasteiger partial charge on any atom is -0.395 e. The van der Waals surface area contributed by atoms with Crippen LogP contribution in [0.3, 0.4) is 0 Å². The SMILES string of the molecule is CCCCN(CCO)C(=O)Nc1ccc(Cl)cc1C. The molecule has 0 saturated heterocycles. The number of aliphatic hydroxyl groups is 1. The molecule has 5 heteroatoms. The lowest BCUT2D eigenvalue weighted by atomic mass is 10.2. The maximum Gasteiger partial charge on any atom is 0.321 e. The van der Waals surface area contributed by atoms with Gasteiger partial charge in [-0.05, 0) is 37.1 Å². The van der Waals surface area contributed by atoms with Gasteiger partial charge in [0, 0.05) is 23.8 Å². The number of benzene rings is 1. The van der Waals surface area contributed by atoms with Gasteiger partial charge in [-0.2, -0.15) is 0 Å². The molecule has 106 valence electrons. The number of carbonyl (C=O) groups excluding carboxylic acids is 1. The largest absolute Gasteiger partial charge is 0.395 e. The zero-order valence-corrected chi connectivity index (χ0v) is 12.2. The second-order valence-electron chi connectivity index (χ2n) is 4.45. The van der Waals surface area contributed by atoms with Crippen LogP contribution in [0.25, 0.3) is 0 Å². The minimum atomic E-state index is -0.187. The molecule has 0 aromatic heterocycles. The third-order valence-electron chi connectivity index (χ3n) is 2.87. The van der Waals surface area contributed by atoms with E-state index in [4.69, 9.17) is 16.7 Å². The fourth-order valence-corrected chi connectivity index (χ4v) is 1.97. The van der Waals surface area contributed by atoms with E-state index in [1.165, 1.54) is 0 Å². The maximum atomic E-state index is 12.1. The van der Waals surface area contributed by atoms with Crippen molar-refractivity contribution >= 4 is 23.3 Å². The van der Waals surface area contributed by atoms with E-state index in [0.717, 1.165) is 24.1 Å². The molecule has 2 amide bonds. The predicted molar refractivity (Wildman–Crippen MR) is 78.8 cm³/mol. The van der Waals surface area contributed by atoms with E-state index in [0.29, 0.717) is 18.1 Å². The van der Waals surface area contributed by atoms with E-state index in [1.807, 2.05) is 6.92 Å². The first kappa shape index (κ1) is 15.8. The summed E-state index contributed by atoms with van der Waals surface area (Å²) in [4.78, 5) is 13.7. The highest BCUT2D eigenvalue weighted by atomic mass is 35.5. The maximum absolute atomic E-state index is 12.1. The van der Waals surface area contributed by atoms with E-state index in [-0.39, 0.29) is 12.6 Å². The van der Waals surface area contributed by atoms with Crippen LogP contribution in [0, 0.1) is 6.92 Å². The average molecular weight is 285 g/mol. The van der Waals surface area contributed by atoms with E-state index >= 15 is 0 Å². The molecule has 0 saturated carbocycles. The molecule has 4 nitrogen and oxygen atoms in total. The van der Waals surface area contributed by atoms with Gasteiger partial charge in [0.2, 0.25) is 0 Å². The summed E-state index contributed by atoms with van der Waals surface area (Å²) in [6.07, 6.45) is 1.93. The van der Waals surface area contributed by atoms with Gasteiger partial charge in [-0.15, -0.1) is 0 Å². The lowest BCUT2D eigenvalue weighted by molar-refractivity contribution is 0.187. The molecule has 1 aromatic carbocycles. The Morgan fingerprint density at radius 1 is 1.42 bits per heavy atom. The molecule has 19 heavy (non-hydrogen) atoms. The van der Waals surface area contributed by atoms with Crippen molar-refractivity contribution in [3.63, 3.8) is 0 Å². The first-order chi connectivity index (χ1) is 9.08. The summed E-state index contributed by atoms with van der Waals surface area (Å²) in [7, 11) is 0. The van der Waals surface area contributed by atoms with Crippen molar-refractivity contribution in [3.8, 4) is 0 Å². The molecule has 0 heterocycles. The molecule has 2 N–H and O–H groups in total. The van der Waals surface area contributed by atoms with Gasteiger partial charge in [0.1, 0.15) is 0 Å². The number of urea groups is 1. The zero-order chi connectivity index (χ0) is 14.3. The van der Waals surface area contributed by atoms with Gasteiger partial charge in [-0.3, -0.25) is 0 Å². The minimum absolute atomic E-state index is 0.0310. The normalized spacial score (nSPS) is 10.3. The van der Waals surface area contributed by atoms with Crippen molar-refractivity contribution in [1.82, 2.24) is 4.90 Å². The molecule has 0 atom stereocenters. The first-order valence-corrected chi connectivity index (χ1v) is 6.89. The lowest BCUT2D eigenvalue weighted by Crippen LogP contribution is -2.37. The molecule has 0 aliphatic carbocycles. The molecule has 0 radical (unpaired) electrons. The number of aryl methyl sites for hydroxylation is 1. The van der Waals surface area contributed by atoms with Crippen LogP contribution in [-0.4, -0.2) is 35.7 Å². The molecule has 0 unspecified atom stereocenters. The summed E-state index contributed by atoms with van der Waals surface area (Å²) in [6, 6.07) is 5.14. The number of rotatable bonds is 6. The van der Waals surface area contributed by atoms with Crippen LogP contribution in [0.1, 0.15) is 25.3 Å². The van der Waals surface area contributed by atoms with Crippen molar-refractivity contribution in [2.75, 3.05) is 25.0 Å². The van der Waals surface area contributed by atoms with Crippen LogP contribution in [-0.2, 0) is 0 Å². The van der Waals surface area contributed by atoms with Crippen LogP contribution in [0.2, 0.25) is 5.02 Å². The second-order valence-corrected chi connectivity index (χ2v) is 4.89. The Morgan fingerprint density at radius 2 is 2.16 bits per heavy atom. The molecule has 0 aliphatic heterocycles. The Labute approximate surface area is 119 Å². The van der Waals surface area contributed by atoms with Crippen LogP contribution in [0.15, 0.2) is 18.2 Å². The monoisotopic (exact) mass is 284 g/mol. The standard InChI is InChI=1S/C14H21ClN2O2/c1-3-4-7-17(8-9-18)14(19)16-13-6-5-12(15)10-11(13)2/h5-6,10,18H,3-4,7-9H2,1-2H3,(H,16,19). The smallest absolute Gasteiger partial charge is 0.321 e. The van der Waals surface area contributed by atoms with E-state index < -0.39 is 0 Å².